The third-order valence-electron chi connectivity index (χ3n) is 4.17. The molecule has 1 aliphatic heterocycles. The predicted molar refractivity (Wildman–Crippen MR) is 82.5 cm³/mol. The summed E-state index contributed by atoms with van der Waals surface area (Å²) in [4.78, 5) is 18.5. The van der Waals surface area contributed by atoms with Gasteiger partial charge in [0.15, 0.2) is 0 Å². The molecular weight excluding hydrogens is 266 g/mol. The Bertz CT molecular complexity index is 699. The van der Waals surface area contributed by atoms with Crippen LogP contribution in [-0.4, -0.2) is 35.2 Å². The van der Waals surface area contributed by atoms with Gasteiger partial charge in [-0.25, -0.2) is 0 Å². The van der Waals surface area contributed by atoms with E-state index < -0.39 is 5.91 Å². The number of benzene rings is 1. The van der Waals surface area contributed by atoms with Gasteiger partial charge >= 0.3 is 0 Å². The van der Waals surface area contributed by atoms with E-state index in [2.05, 4.69) is 9.88 Å². The minimum Gasteiger partial charge on any atom is -0.394 e. The molecule has 0 spiro atoms. The van der Waals surface area contributed by atoms with Gasteiger partial charge in [0.05, 0.1) is 35.1 Å². The van der Waals surface area contributed by atoms with E-state index in [1.54, 1.807) is 6.92 Å². The molecule has 1 saturated heterocycles. The van der Waals surface area contributed by atoms with E-state index in [4.69, 9.17) is 5.73 Å². The van der Waals surface area contributed by atoms with Gasteiger partial charge in [-0.3, -0.25) is 9.78 Å². The molecule has 0 bridgehead atoms. The number of aliphatic hydroxyl groups excluding tert-OH is 1. The third kappa shape index (κ3) is 2.23. The van der Waals surface area contributed by atoms with Crippen molar-refractivity contribution >= 4 is 22.5 Å². The topological polar surface area (TPSA) is 79.4 Å². The summed E-state index contributed by atoms with van der Waals surface area (Å²) in [5, 5.41) is 10.5. The van der Waals surface area contributed by atoms with Crippen LogP contribution in [0.1, 0.15) is 28.9 Å². The van der Waals surface area contributed by atoms with Crippen LogP contribution in [0.4, 0.5) is 5.69 Å². The lowest BCUT2D eigenvalue weighted by molar-refractivity contribution is 0.0999. The molecule has 0 unspecified atom stereocenters. The Morgan fingerprint density at radius 1 is 1.48 bits per heavy atom. The van der Waals surface area contributed by atoms with Crippen LogP contribution in [0.5, 0.6) is 0 Å². The first-order valence-electron chi connectivity index (χ1n) is 7.20. The first-order valence-corrected chi connectivity index (χ1v) is 7.20. The number of carbonyl (C=O) groups excluding carboxylic acids is 1. The van der Waals surface area contributed by atoms with Crippen molar-refractivity contribution in [1.82, 2.24) is 4.98 Å². The van der Waals surface area contributed by atoms with Gasteiger partial charge in [0, 0.05) is 11.9 Å². The van der Waals surface area contributed by atoms with E-state index in [0.717, 1.165) is 36.0 Å². The number of pyridine rings is 1. The molecule has 1 aromatic carbocycles. The third-order valence-corrected chi connectivity index (χ3v) is 4.17. The van der Waals surface area contributed by atoms with E-state index in [-0.39, 0.29) is 12.6 Å². The molecule has 0 saturated carbocycles. The monoisotopic (exact) mass is 285 g/mol. The summed E-state index contributed by atoms with van der Waals surface area (Å²) in [7, 11) is 0. The van der Waals surface area contributed by atoms with Crippen molar-refractivity contribution in [3.8, 4) is 0 Å². The standard InChI is InChI=1S/C16H19N3O2/c1-10-14(16(17)21)15(19-8-4-5-11(19)9-20)12-6-2-3-7-13(12)18-10/h2-3,6-7,11,20H,4-5,8-9H2,1H3,(H2,17,21)/t11-/m0/s1. The maximum atomic E-state index is 11.9. The Kier molecular flexibility index (Phi) is 3.51. The summed E-state index contributed by atoms with van der Waals surface area (Å²) < 4.78 is 0. The van der Waals surface area contributed by atoms with Gasteiger partial charge in [0.25, 0.3) is 5.91 Å². The molecule has 5 heteroatoms. The molecule has 1 aromatic heterocycles. The van der Waals surface area contributed by atoms with Crippen molar-refractivity contribution in [3.63, 3.8) is 0 Å². The number of nitrogens with two attached hydrogens (primary N) is 1. The lowest BCUT2D eigenvalue weighted by Crippen LogP contribution is -2.34. The summed E-state index contributed by atoms with van der Waals surface area (Å²) in [6.07, 6.45) is 1.92. The maximum Gasteiger partial charge on any atom is 0.252 e. The van der Waals surface area contributed by atoms with Crippen LogP contribution in [0.2, 0.25) is 0 Å². The van der Waals surface area contributed by atoms with Crippen molar-refractivity contribution in [2.75, 3.05) is 18.1 Å². The Morgan fingerprint density at radius 3 is 2.95 bits per heavy atom. The first kappa shape index (κ1) is 13.8. The van der Waals surface area contributed by atoms with E-state index in [1.807, 2.05) is 24.3 Å². The average Bonchev–Trinajstić information content (AvgIpc) is 2.93. The highest BCUT2D eigenvalue weighted by molar-refractivity contribution is 6.08. The molecule has 3 N–H and O–H groups in total. The summed E-state index contributed by atoms with van der Waals surface area (Å²) in [6.45, 7) is 2.70. The van der Waals surface area contributed by atoms with Crippen molar-refractivity contribution in [1.29, 1.82) is 0 Å². The number of amides is 1. The van der Waals surface area contributed by atoms with Gasteiger partial charge in [-0.15, -0.1) is 0 Å². The average molecular weight is 285 g/mol. The molecule has 0 aliphatic carbocycles. The summed E-state index contributed by atoms with van der Waals surface area (Å²) >= 11 is 0. The van der Waals surface area contributed by atoms with Crippen LogP contribution >= 0.6 is 0 Å². The molecule has 21 heavy (non-hydrogen) atoms. The number of hydrogen-bond acceptors (Lipinski definition) is 4. The zero-order chi connectivity index (χ0) is 15.0. The van der Waals surface area contributed by atoms with Crippen molar-refractivity contribution in [2.45, 2.75) is 25.8 Å². The number of rotatable bonds is 3. The fourth-order valence-electron chi connectivity index (χ4n) is 3.23. The molecular formula is C16H19N3O2. The molecule has 110 valence electrons. The number of hydrogen-bond donors (Lipinski definition) is 2. The van der Waals surface area contributed by atoms with E-state index in [9.17, 15) is 9.90 Å². The fourth-order valence-corrected chi connectivity index (χ4v) is 3.23. The first-order chi connectivity index (χ1) is 10.1. The Labute approximate surface area is 123 Å². The molecule has 1 amide bonds. The number of para-hydroxylation sites is 1. The highest BCUT2D eigenvalue weighted by Crippen LogP contribution is 2.35. The van der Waals surface area contributed by atoms with E-state index >= 15 is 0 Å². The van der Waals surface area contributed by atoms with Crippen LogP contribution in [-0.2, 0) is 0 Å². The van der Waals surface area contributed by atoms with Crippen LogP contribution in [0.25, 0.3) is 10.9 Å². The van der Waals surface area contributed by atoms with Crippen LogP contribution in [0.15, 0.2) is 24.3 Å². The SMILES string of the molecule is Cc1nc2ccccc2c(N2CCC[C@H]2CO)c1C(N)=O. The van der Waals surface area contributed by atoms with E-state index in [1.165, 1.54) is 0 Å². The lowest BCUT2D eigenvalue weighted by atomic mass is 10.0. The summed E-state index contributed by atoms with van der Waals surface area (Å²) in [5.74, 6) is -0.468. The van der Waals surface area contributed by atoms with E-state index in [0.29, 0.717) is 11.3 Å². The second-order valence-electron chi connectivity index (χ2n) is 5.47. The molecule has 3 rings (SSSR count). The number of carbonyl (C=O) groups is 1. The van der Waals surface area contributed by atoms with Crippen LogP contribution in [0.3, 0.4) is 0 Å². The molecule has 2 heterocycles. The zero-order valence-electron chi connectivity index (χ0n) is 12.0. The largest absolute Gasteiger partial charge is 0.394 e. The highest BCUT2D eigenvalue weighted by atomic mass is 16.3. The van der Waals surface area contributed by atoms with Crippen molar-refractivity contribution in [3.05, 3.63) is 35.5 Å². The van der Waals surface area contributed by atoms with Gasteiger partial charge in [-0.2, -0.15) is 0 Å². The van der Waals surface area contributed by atoms with Gasteiger partial charge < -0.3 is 15.7 Å². The zero-order valence-corrected chi connectivity index (χ0v) is 12.0. The number of nitrogens with zero attached hydrogens (tertiary/aromatic N) is 2. The fraction of sp³-hybridized carbons (Fsp3) is 0.375. The van der Waals surface area contributed by atoms with Gasteiger partial charge in [-0.05, 0) is 25.8 Å². The van der Waals surface area contributed by atoms with Gasteiger partial charge in [-0.1, -0.05) is 18.2 Å². The highest BCUT2D eigenvalue weighted by Gasteiger charge is 2.29. The lowest BCUT2D eigenvalue weighted by Gasteiger charge is -2.29. The molecule has 1 atom stereocenters. The summed E-state index contributed by atoms with van der Waals surface area (Å²) in [6, 6.07) is 7.78. The van der Waals surface area contributed by atoms with Gasteiger partial charge in [0.2, 0.25) is 0 Å². The predicted octanol–water partition coefficient (Wildman–Crippen LogP) is 1.60. The molecule has 0 radical (unpaired) electrons. The number of aromatic nitrogens is 1. The van der Waals surface area contributed by atoms with Crippen molar-refractivity contribution < 1.29 is 9.90 Å². The Hall–Kier alpha value is -2.14. The molecule has 2 aromatic rings. The minimum absolute atomic E-state index is 0.0355. The van der Waals surface area contributed by atoms with Crippen molar-refractivity contribution in [2.24, 2.45) is 5.73 Å². The second-order valence-corrected chi connectivity index (χ2v) is 5.47. The quantitative estimate of drug-likeness (QED) is 0.897. The number of primary amides is 1. The summed E-state index contributed by atoms with van der Waals surface area (Å²) in [5.41, 5.74) is 8.37. The number of aliphatic hydroxyl groups is 1. The number of aryl methyl sites for hydroxylation is 1. The molecule has 1 aliphatic rings. The minimum atomic E-state index is -0.468. The van der Waals surface area contributed by atoms with Crippen LogP contribution in [0, 0.1) is 6.92 Å². The Balaban J connectivity index is 2.31. The second kappa shape index (κ2) is 5.33. The smallest absolute Gasteiger partial charge is 0.252 e. The van der Waals surface area contributed by atoms with Gasteiger partial charge in [0.1, 0.15) is 0 Å². The molecule has 1 fully saturated rings. The molecule has 5 nitrogen and oxygen atoms in total. The maximum absolute atomic E-state index is 11.9. The Morgan fingerprint density at radius 2 is 2.24 bits per heavy atom. The number of fused-ring (bicyclic) bond motifs is 1. The normalized spacial score (nSPS) is 18.4. The number of anilines is 1. The van der Waals surface area contributed by atoms with Crippen LogP contribution < -0.4 is 10.6 Å².